The average molecular weight is 414 g/mol. The molecule has 30 heavy (non-hydrogen) atoms. The number of piperidine rings is 1. The molecule has 0 bridgehead atoms. The molecule has 162 valence electrons. The van der Waals surface area contributed by atoms with Gasteiger partial charge in [0, 0.05) is 58.0 Å². The number of hydrogen-bond donors (Lipinski definition) is 0. The molecule has 1 aromatic heterocycles. The monoisotopic (exact) mass is 413 g/mol. The lowest BCUT2D eigenvalue weighted by atomic mass is 10.0. The fourth-order valence-corrected chi connectivity index (χ4v) is 4.57. The number of carbonyl (C=O) groups excluding carboxylic acids is 1. The Bertz CT molecular complexity index is 870. The van der Waals surface area contributed by atoms with Crippen LogP contribution >= 0.6 is 0 Å². The van der Waals surface area contributed by atoms with E-state index in [1.807, 2.05) is 30.1 Å². The number of carbonyl (C=O) groups is 1. The van der Waals surface area contributed by atoms with Crippen LogP contribution in [0.4, 0.5) is 10.1 Å². The molecule has 0 unspecified atom stereocenters. The van der Waals surface area contributed by atoms with Crippen LogP contribution in [-0.4, -0.2) is 70.8 Å². The number of aryl methyl sites for hydroxylation is 1. The van der Waals surface area contributed by atoms with Crippen LogP contribution in [0.2, 0.25) is 0 Å². The molecule has 1 atom stereocenters. The third-order valence-electron chi connectivity index (χ3n) is 6.42. The molecular weight excluding hydrogens is 381 g/mol. The molecule has 2 saturated heterocycles. The molecule has 2 aromatic rings. The zero-order chi connectivity index (χ0) is 21.3. The summed E-state index contributed by atoms with van der Waals surface area (Å²) in [7, 11) is 1.86. The van der Waals surface area contributed by atoms with Crippen LogP contribution in [-0.2, 0) is 7.05 Å². The van der Waals surface area contributed by atoms with Gasteiger partial charge in [0.25, 0.3) is 5.91 Å². The normalized spacial score (nSPS) is 20.8. The number of amides is 1. The molecule has 2 aliphatic heterocycles. The fourth-order valence-electron chi connectivity index (χ4n) is 4.57. The van der Waals surface area contributed by atoms with Gasteiger partial charge in [0.15, 0.2) is 0 Å². The summed E-state index contributed by atoms with van der Waals surface area (Å²) in [4.78, 5) is 20.0. The number of rotatable bonds is 4. The summed E-state index contributed by atoms with van der Waals surface area (Å²) in [6.45, 7) is 9.56. The summed E-state index contributed by atoms with van der Waals surface area (Å²) in [5.41, 5.74) is 2.72. The minimum Gasteiger partial charge on any atom is -0.369 e. The van der Waals surface area contributed by atoms with Crippen LogP contribution in [0, 0.1) is 5.82 Å². The van der Waals surface area contributed by atoms with E-state index in [0.717, 1.165) is 63.5 Å². The van der Waals surface area contributed by atoms with Crippen LogP contribution in [0.3, 0.4) is 0 Å². The Hall–Kier alpha value is -2.41. The van der Waals surface area contributed by atoms with Gasteiger partial charge >= 0.3 is 0 Å². The van der Waals surface area contributed by atoms with E-state index in [-0.39, 0.29) is 11.7 Å². The second-order valence-electron chi connectivity index (χ2n) is 8.78. The number of aromatic nitrogens is 2. The summed E-state index contributed by atoms with van der Waals surface area (Å²) in [5, 5.41) is 4.51. The van der Waals surface area contributed by atoms with Crippen molar-refractivity contribution < 1.29 is 9.18 Å². The van der Waals surface area contributed by atoms with Crippen molar-refractivity contribution in [3.05, 3.63) is 47.5 Å². The number of likely N-dealkylation sites (tertiary alicyclic amines) is 1. The molecule has 3 heterocycles. The van der Waals surface area contributed by atoms with Crippen LogP contribution in [0.5, 0.6) is 0 Å². The first-order valence-corrected chi connectivity index (χ1v) is 11.0. The lowest BCUT2D eigenvalue weighted by Crippen LogP contribution is -2.56. The fraction of sp³-hybridized carbons (Fsp3) is 0.565. The third kappa shape index (κ3) is 4.36. The van der Waals surface area contributed by atoms with Crippen molar-refractivity contribution in [2.24, 2.45) is 7.05 Å². The zero-order valence-electron chi connectivity index (χ0n) is 18.2. The lowest BCUT2D eigenvalue weighted by molar-refractivity contribution is 0.0553. The van der Waals surface area contributed by atoms with E-state index >= 15 is 0 Å². The Labute approximate surface area is 178 Å². The Morgan fingerprint density at radius 3 is 2.43 bits per heavy atom. The topological polar surface area (TPSA) is 44.6 Å². The molecule has 0 saturated carbocycles. The quantitative estimate of drug-likeness (QED) is 0.773. The molecule has 0 aliphatic carbocycles. The molecule has 7 heteroatoms. The maximum Gasteiger partial charge on any atom is 0.272 e. The molecule has 6 nitrogen and oxygen atoms in total. The standard InChI is InChI=1S/C23H32FN5O/c1-17(2)21-15-22(26(3)25-21)23(30)29-10-4-5-20(16-29)28-13-11-27(12-14-28)19-8-6-18(24)7-9-19/h6-9,15,17,20H,4-5,10-14,16H2,1-3H3/t20-/m1/s1. The molecule has 1 aromatic carbocycles. The van der Waals surface area contributed by atoms with Crippen LogP contribution in [0.25, 0.3) is 0 Å². The largest absolute Gasteiger partial charge is 0.369 e. The summed E-state index contributed by atoms with van der Waals surface area (Å²) < 4.78 is 14.9. The van der Waals surface area contributed by atoms with Crippen molar-refractivity contribution >= 4 is 11.6 Å². The van der Waals surface area contributed by atoms with Gasteiger partial charge in [-0.25, -0.2) is 4.39 Å². The minimum atomic E-state index is -0.196. The van der Waals surface area contributed by atoms with Crippen LogP contribution in [0.1, 0.15) is 48.8 Å². The van der Waals surface area contributed by atoms with Gasteiger partial charge in [0.05, 0.1) is 5.69 Å². The first kappa shape index (κ1) is 20.8. The van der Waals surface area contributed by atoms with E-state index in [2.05, 4.69) is 28.7 Å². The van der Waals surface area contributed by atoms with Gasteiger partial charge in [-0.2, -0.15) is 5.10 Å². The number of nitrogens with zero attached hydrogens (tertiary/aromatic N) is 5. The average Bonchev–Trinajstić information content (AvgIpc) is 3.16. The summed E-state index contributed by atoms with van der Waals surface area (Å²) in [5.74, 6) is 0.203. The van der Waals surface area contributed by atoms with Crippen molar-refractivity contribution in [1.82, 2.24) is 19.6 Å². The van der Waals surface area contributed by atoms with E-state index in [4.69, 9.17) is 0 Å². The SMILES string of the molecule is CC(C)c1cc(C(=O)N2CCC[C@@H](N3CCN(c4ccc(F)cc4)CC3)C2)n(C)n1. The van der Waals surface area contributed by atoms with Gasteiger partial charge in [-0.15, -0.1) is 0 Å². The van der Waals surface area contributed by atoms with E-state index in [9.17, 15) is 9.18 Å². The van der Waals surface area contributed by atoms with E-state index in [1.54, 1.807) is 4.68 Å². The molecular formula is C23H32FN5O. The second kappa shape index (κ2) is 8.76. The predicted molar refractivity (Wildman–Crippen MR) is 116 cm³/mol. The molecule has 0 spiro atoms. The first-order chi connectivity index (χ1) is 14.4. The van der Waals surface area contributed by atoms with Gasteiger partial charge in [-0.1, -0.05) is 13.8 Å². The van der Waals surface area contributed by atoms with E-state index in [0.29, 0.717) is 17.7 Å². The Kier molecular flexibility index (Phi) is 6.09. The van der Waals surface area contributed by atoms with E-state index < -0.39 is 0 Å². The molecule has 1 amide bonds. The highest BCUT2D eigenvalue weighted by Crippen LogP contribution is 2.23. The molecule has 4 rings (SSSR count). The van der Waals surface area contributed by atoms with Gasteiger partial charge in [0.1, 0.15) is 11.5 Å². The highest BCUT2D eigenvalue weighted by atomic mass is 19.1. The zero-order valence-corrected chi connectivity index (χ0v) is 18.2. The smallest absolute Gasteiger partial charge is 0.272 e. The summed E-state index contributed by atoms with van der Waals surface area (Å²) in [6, 6.07) is 9.09. The molecule has 2 aliphatic rings. The summed E-state index contributed by atoms with van der Waals surface area (Å²) >= 11 is 0. The predicted octanol–water partition coefficient (Wildman–Crippen LogP) is 3.11. The number of halogens is 1. The first-order valence-electron chi connectivity index (χ1n) is 11.0. The Morgan fingerprint density at radius 1 is 1.10 bits per heavy atom. The van der Waals surface area contributed by atoms with Crippen LogP contribution < -0.4 is 4.90 Å². The number of anilines is 1. The highest BCUT2D eigenvalue weighted by molar-refractivity contribution is 5.92. The summed E-state index contributed by atoms with van der Waals surface area (Å²) in [6.07, 6.45) is 2.16. The number of piperazine rings is 1. The van der Waals surface area contributed by atoms with Crippen molar-refractivity contribution in [3.8, 4) is 0 Å². The Morgan fingerprint density at radius 2 is 1.80 bits per heavy atom. The van der Waals surface area contributed by atoms with E-state index in [1.165, 1.54) is 12.1 Å². The maximum absolute atomic E-state index is 13.2. The van der Waals surface area contributed by atoms with Crippen molar-refractivity contribution in [1.29, 1.82) is 0 Å². The number of hydrogen-bond acceptors (Lipinski definition) is 4. The van der Waals surface area contributed by atoms with Crippen molar-refractivity contribution in [2.75, 3.05) is 44.2 Å². The van der Waals surface area contributed by atoms with Gasteiger partial charge in [-0.05, 0) is 49.1 Å². The maximum atomic E-state index is 13.2. The van der Waals surface area contributed by atoms with Gasteiger partial charge in [-0.3, -0.25) is 14.4 Å². The number of benzene rings is 1. The second-order valence-corrected chi connectivity index (χ2v) is 8.78. The third-order valence-corrected chi connectivity index (χ3v) is 6.42. The van der Waals surface area contributed by atoms with Crippen LogP contribution in [0.15, 0.2) is 30.3 Å². The molecule has 2 fully saturated rings. The molecule has 0 radical (unpaired) electrons. The lowest BCUT2D eigenvalue weighted by Gasteiger charge is -2.44. The van der Waals surface area contributed by atoms with Crippen molar-refractivity contribution in [2.45, 2.75) is 38.6 Å². The van der Waals surface area contributed by atoms with Crippen molar-refractivity contribution in [3.63, 3.8) is 0 Å². The minimum absolute atomic E-state index is 0.0894. The van der Waals surface area contributed by atoms with Gasteiger partial charge in [0.2, 0.25) is 0 Å². The van der Waals surface area contributed by atoms with Gasteiger partial charge < -0.3 is 9.80 Å². The highest BCUT2D eigenvalue weighted by Gasteiger charge is 2.31. The Balaban J connectivity index is 1.36. The molecule has 0 N–H and O–H groups in total.